The second kappa shape index (κ2) is 4.49. The third kappa shape index (κ3) is 3.85. The van der Waals surface area contributed by atoms with E-state index in [1.807, 2.05) is 32.3 Å². The van der Waals surface area contributed by atoms with Crippen LogP contribution < -0.4 is 5.73 Å². The van der Waals surface area contributed by atoms with Crippen molar-refractivity contribution in [2.24, 2.45) is 5.73 Å². The predicted molar refractivity (Wildman–Crippen MR) is 65.4 cm³/mol. The van der Waals surface area contributed by atoms with Crippen molar-refractivity contribution in [2.75, 3.05) is 0 Å². The number of nitrogens with zero attached hydrogens (tertiary/aromatic N) is 2. The summed E-state index contributed by atoms with van der Waals surface area (Å²) >= 11 is 0. The van der Waals surface area contributed by atoms with Crippen molar-refractivity contribution in [3.8, 4) is 0 Å². The second-order valence-electron chi connectivity index (χ2n) is 5.52. The molecule has 1 atom stereocenters. The summed E-state index contributed by atoms with van der Waals surface area (Å²) in [6.07, 6.45) is 3.48. The molecule has 1 heterocycles. The van der Waals surface area contributed by atoms with Crippen LogP contribution in [0.5, 0.6) is 0 Å². The van der Waals surface area contributed by atoms with Crippen molar-refractivity contribution < 1.29 is 9.53 Å². The topological polar surface area (TPSA) is 70.1 Å². The Hall–Kier alpha value is -1.36. The van der Waals surface area contributed by atoms with E-state index in [4.69, 9.17) is 10.5 Å². The number of aryl methyl sites for hydroxylation is 1. The third-order valence-electron chi connectivity index (χ3n) is 2.29. The van der Waals surface area contributed by atoms with E-state index >= 15 is 0 Å². The fourth-order valence-corrected chi connectivity index (χ4v) is 1.38. The van der Waals surface area contributed by atoms with Gasteiger partial charge in [0.15, 0.2) is 0 Å². The number of hydrogen-bond donors (Lipinski definition) is 1. The summed E-state index contributed by atoms with van der Waals surface area (Å²) in [5, 5.41) is 0. The van der Waals surface area contributed by atoms with Gasteiger partial charge in [-0.1, -0.05) is 0 Å². The van der Waals surface area contributed by atoms with Crippen LogP contribution in [-0.4, -0.2) is 26.7 Å². The Morgan fingerprint density at radius 3 is 2.47 bits per heavy atom. The summed E-state index contributed by atoms with van der Waals surface area (Å²) in [6.45, 7) is 9.36. The first-order valence-corrected chi connectivity index (χ1v) is 5.62. The zero-order valence-electron chi connectivity index (χ0n) is 11.2. The molecule has 5 heteroatoms. The van der Waals surface area contributed by atoms with E-state index in [9.17, 15) is 4.79 Å². The van der Waals surface area contributed by atoms with Crippen molar-refractivity contribution in [3.05, 3.63) is 18.2 Å². The fourth-order valence-electron chi connectivity index (χ4n) is 1.38. The summed E-state index contributed by atoms with van der Waals surface area (Å²) in [5.41, 5.74) is 4.42. The standard InChI is InChI=1S/C12H21N3O2/c1-9-14-6-7-15(9)8-12(5,13)10(16)17-11(2,3)4/h6-7H,8,13H2,1-5H3. The van der Waals surface area contributed by atoms with Gasteiger partial charge in [-0.15, -0.1) is 0 Å². The number of rotatable bonds is 3. The van der Waals surface area contributed by atoms with Crippen LogP contribution in [0.15, 0.2) is 12.4 Å². The first-order valence-electron chi connectivity index (χ1n) is 5.62. The Morgan fingerprint density at radius 2 is 2.06 bits per heavy atom. The van der Waals surface area contributed by atoms with Crippen molar-refractivity contribution in [3.63, 3.8) is 0 Å². The van der Waals surface area contributed by atoms with Crippen LogP contribution in [0.2, 0.25) is 0 Å². The molecule has 0 amide bonds. The molecule has 5 nitrogen and oxygen atoms in total. The van der Waals surface area contributed by atoms with E-state index in [0.717, 1.165) is 5.82 Å². The largest absolute Gasteiger partial charge is 0.459 e. The number of hydrogen-bond acceptors (Lipinski definition) is 4. The first kappa shape index (κ1) is 13.7. The lowest BCUT2D eigenvalue weighted by atomic mass is 10.0. The van der Waals surface area contributed by atoms with E-state index in [2.05, 4.69) is 4.98 Å². The highest BCUT2D eigenvalue weighted by atomic mass is 16.6. The van der Waals surface area contributed by atoms with Crippen molar-refractivity contribution in [1.82, 2.24) is 9.55 Å². The Kier molecular flexibility index (Phi) is 3.62. The molecule has 96 valence electrons. The molecule has 1 aromatic rings. The Labute approximate surface area is 102 Å². The van der Waals surface area contributed by atoms with Crippen LogP contribution in [0.4, 0.5) is 0 Å². The normalized spacial score (nSPS) is 15.4. The quantitative estimate of drug-likeness (QED) is 0.806. The Bertz CT molecular complexity index is 402. The molecule has 0 saturated carbocycles. The fraction of sp³-hybridized carbons (Fsp3) is 0.667. The molecule has 1 aromatic heterocycles. The Balaban J connectivity index is 2.75. The minimum atomic E-state index is -1.06. The first-order chi connectivity index (χ1) is 7.62. The van der Waals surface area contributed by atoms with Gasteiger partial charge in [0, 0.05) is 12.4 Å². The van der Waals surface area contributed by atoms with Crippen LogP contribution in [-0.2, 0) is 16.1 Å². The molecule has 0 radical (unpaired) electrons. The third-order valence-corrected chi connectivity index (χ3v) is 2.29. The average molecular weight is 239 g/mol. The average Bonchev–Trinajstić information content (AvgIpc) is 2.48. The second-order valence-corrected chi connectivity index (χ2v) is 5.52. The van der Waals surface area contributed by atoms with Gasteiger partial charge in [-0.2, -0.15) is 0 Å². The minimum Gasteiger partial charge on any atom is -0.459 e. The van der Waals surface area contributed by atoms with Gasteiger partial charge >= 0.3 is 5.97 Å². The van der Waals surface area contributed by atoms with Crippen molar-refractivity contribution in [1.29, 1.82) is 0 Å². The Morgan fingerprint density at radius 1 is 1.47 bits per heavy atom. The number of carbonyl (C=O) groups is 1. The number of carbonyl (C=O) groups excluding carboxylic acids is 1. The van der Waals surface area contributed by atoms with Gasteiger partial charge in [0.1, 0.15) is 17.0 Å². The summed E-state index contributed by atoms with van der Waals surface area (Å²) in [7, 11) is 0. The van der Waals surface area contributed by atoms with Gasteiger partial charge in [0.25, 0.3) is 0 Å². The minimum absolute atomic E-state index is 0.355. The molecule has 1 unspecified atom stereocenters. The zero-order valence-corrected chi connectivity index (χ0v) is 11.2. The smallest absolute Gasteiger partial charge is 0.328 e. The molecule has 0 aliphatic rings. The number of ether oxygens (including phenoxy) is 1. The number of imidazole rings is 1. The highest BCUT2D eigenvalue weighted by molar-refractivity contribution is 5.80. The number of nitrogens with two attached hydrogens (primary N) is 1. The van der Waals surface area contributed by atoms with Gasteiger partial charge in [-0.25, -0.2) is 9.78 Å². The van der Waals surface area contributed by atoms with Crippen LogP contribution in [0.1, 0.15) is 33.5 Å². The molecule has 0 bridgehead atoms. The van der Waals surface area contributed by atoms with E-state index in [1.165, 1.54) is 0 Å². The van der Waals surface area contributed by atoms with Gasteiger partial charge in [0.2, 0.25) is 0 Å². The summed E-state index contributed by atoms with van der Waals surface area (Å²) in [6, 6.07) is 0. The molecular formula is C12H21N3O2. The molecule has 1 rings (SSSR count). The van der Waals surface area contributed by atoms with Crippen LogP contribution >= 0.6 is 0 Å². The molecule has 2 N–H and O–H groups in total. The van der Waals surface area contributed by atoms with E-state index in [0.29, 0.717) is 6.54 Å². The van der Waals surface area contributed by atoms with Crippen LogP contribution in [0.3, 0.4) is 0 Å². The SMILES string of the molecule is Cc1nccn1CC(C)(N)C(=O)OC(C)(C)C. The molecule has 0 fully saturated rings. The molecule has 17 heavy (non-hydrogen) atoms. The monoisotopic (exact) mass is 239 g/mol. The molecule has 0 aliphatic heterocycles. The highest BCUT2D eigenvalue weighted by Crippen LogP contribution is 2.14. The number of aromatic nitrogens is 2. The van der Waals surface area contributed by atoms with Gasteiger partial charge in [-0.05, 0) is 34.6 Å². The van der Waals surface area contributed by atoms with Crippen molar-refractivity contribution >= 4 is 5.97 Å². The molecule has 0 aliphatic carbocycles. The maximum absolute atomic E-state index is 11.9. The summed E-state index contributed by atoms with van der Waals surface area (Å²) in [4.78, 5) is 16.0. The van der Waals surface area contributed by atoms with Crippen LogP contribution in [0.25, 0.3) is 0 Å². The molecular weight excluding hydrogens is 218 g/mol. The molecule has 0 aromatic carbocycles. The lowest BCUT2D eigenvalue weighted by molar-refractivity contribution is -0.161. The summed E-state index contributed by atoms with van der Waals surface area (Å²) < 4.78 is 7.13. The van der Waals surface area contributed by atoms with Gasteiger partial charge < -0.3 is 15.0 Å². The highest BCUT2D eigenvalue weighted by Gasteiger charge is 2.33. The van der Waals surface area contributed by atoms with E-state index in [-0.39, 0.29) is 0 Å². The van der Waals surface area contributed by atoms with Gasteiger partial charge in [-0.3, -0.25) is 0 Å². The maximum atomic E-state index is 11.9. The molecule has 0 saturated heterocycles. The predicted octanol–water partition coefficient (Wildman–Crippen LogP) is 1.25. The van der Waals surface area contributed by atoms with E-state index < -0.39 is 17.1 Å². The van der Waals surface area contributed by atoms with E-state index in [1.54, 1.807) is 19.3 Å². The number of esters is 1. The van der Waals surface area contributed by atoms with Crippen LogP contribution in [0, 0.1) is 6.92 Å². The summed E-state index contributed by atoms with van der Waals surface area (Å²) in [5.74, 6) is 0.420. The lowest BCUT2D eigenvalue weighted by Gasteiger charge is -2.28. The zero-order chi connectivity index (χ0) is 13.3. The lowest BCUT2D eigenvalue weighted by Crippen LogP contribution is -2.51. The van der Waals surface area contributed by atoms with Gasteiger partial charge in [0.05, 0.1) is 6.54 Å². The van der Waals surface area contributed by atoms with Crippen molar-refractivity contribution in [2.45, 2.75) is 52.3 Å². The molecule has 0 spiro atoms. The maximum Gasteiger partial charge on any atom is 0.328 e.